The van der Waals surface area contributed by atoms with Crippen molar-refractivity contribution in [1.29, 1.82) is 0 Å². The molecule has 1 aromatic carbocycles. The molecule has 6 heteroatoms. The fourth-order valence-electron chi connectivity index (χ4n) is 3.73. The summed E-state index contributed by atoms with van der Waals surface area (Å²) in [6.45, 7) is -0.0521. The maximum Gasteiger partial charge on any atom is 0.315 e. The standard InChI is InChI=1S/C19H26F2N2O2/c20-17-6-3-7-18(21)16(17)12-25-15-10-8-14(9-11-15)23-19(24)22-13-4-1-2-5-13/h3,6-7,13-15H,1-2,4-5,8-12H2,(H2,22,23,24). The normalized spacial score (nSPS) is 24.2. The molecule has 0 aromatic heterocycles. The molecule has 0 saturated heterocycles. The van der Waals surface area contributed by atoms with Crippen LogP contribution in [-0.4, -0.2) is 24.2 Å². The van der Waals surface area contributed by atoms with Crippen molar-refractivity contribution in [3.05, 3.63) is 35.4 Å². The van der Waals surface area contributed by atoms with E-state index in [0.29, 0.717) is 6.04 Å². The number of ether oxygens (including phenoxy) is 1. The van der Waals surface area contributed by atoms with E-state index >= 15 is 0 Å². The summed E-state index contributed by atoms with van der Waals surface area (Å²) < 4.78 is 32.9. The van der Waals surface area contributed by atoms with Gasteiger partial charge in [0.1, 0.15) is 11.6 Å². The van der Waals surface area contributed by atoms with Crippen LogP contribution in [0.5, 0.6) is 0 Å². The van der Waals surface area contributed by atoms with Crippen molar-refractivity contribution in [2.75, 3.05) is 0 Å². The molecule has 0 spiro atoms. The summed E-state index contributed by atoms with van der Waals surface area (Å²) >= 11 is 0. The summed E-state index contributed by atoms with van der Waals surface area (Å²) in [6, 6.07) is 4.21. The zero-order chi connectivity index (χ0) is 17.6. The van der Waals surface area contributed by atoms with Crippen molar-refractivity contribution < 1.29 is 18.3 Å². The minimum atomic E-state index is -0.570. The smallest absolute Gasteiger partial charge is 0.315 e. The summed E-state index contributed by atoms with van der Waals surface area (Å²) in [4.78, 5) is 12.0. The molecule has 0 aliphatic heterocycles. The van der Waals surface area contributed by atoms with E-state index in [2.05, 4.69) is 10.6 Å². The molecule has 2 N–H and O–H groups in total. The molecule has 25 heavy (non-hydrogen) atoms. The molecular weight excluding hydrogens is 326 g/mol. The summed E-state index contributed by atoms with van der Waals surface area (Å²) in [7, 11) is 0. The summed E-state index contributed by atoms with van der Waals surface area (Å²) in [6.07, 6.45) is 7.71. The van der Waals surface area contributed by atoms with Crippen LogP contribution in [0.3, 0.4) is 0 Å². The lowest BCUT2D eigenvalue weighted by Gasteiger charge is -2.29. The number of hydrogen-bond donors (Lipinski definition) is 2. The first-order valence-electron chi connectivity index (χ1n) is 9.23. The first-order chi connectivity index (χ1) is 12.1. The fourth-order valence-corrected chi connectivity index (χ4v) is 3.73. The van der Waals surface area contributed by atoms with E-state index in [1.54, 1.807) is 0 Å². The Kier molecular flexibility index (Phi) is 6.24. The third kappa shape index (κ3) is 5.14. The Morgan fingerprint density at radius 1 is 0.960 bits per heavy atom. The van der Waals surface area contributed by atoms with Gasteiger partial charge in [0.15, 0.2) is 0 Å². The fraction of sp³-hybridized carbons (Fsp3) is 0.632. The molecule has 0 radical (unpaired) electrons. The van der Waals surface area contributed by atoms with Gasteiger partial charge in [-0.1, -0.05) is 18.9 Å². The molecule has 138 valence electrons. The minimum Gasteiger partial charge on any atom is -0.373 e. The average molecular weight is 352 g/mol. The third-order valence-corrected chi connectivity index (χ3v) is 5.22. The number of carbonyl (C=O) groups excluding carboxylic acids is 1. The van der Waals surface area contributed by atoms with Crippen molar-refractivity contribution in [2.24, 2.45) is 0 Å². The molecular formula is C19H26F2N2O2. The molecule has 2 saturated carbocycles. The predicted molar refractivity (Wildman–Crippen MR) is 91.1 cm³/mol. The van der Waals surface area contributed by atoms with Crippen molar-refractivity contribution in [3.63, 3.8) is 0 Å². The molecule has 3 rings (SSSR count). The maximum atomic E-state index is 13.6. The molecule has 0 unspecified atom stereocenters. The lowest BCUT2D eigenvalue weighted by atomic mass is 9.93. The van der Waals surface area contributed by atoms with Gasteiger partial charge in [0.2, 0.25) is 0 Å². The summed E-state index contributed by atoms with van der Waals surface area (Å²) in [5.74, 6) is -1.14. The minimum absolute atomic E-state index is 0.0151. The highest BCUT2D eigenvalue weighted by atomic mass is 19.1. The zero-order valence-electron chi connectivity index (χ0n) is 14.4. The van der Waals surface area contributed by atoms with E-state index < -0.39 is 11.6 Å². The van der Waals surface area contributed by atoms with Crippen LogP contribution in [-0.2, 0) is 11.3 Å². The number of urea groups is 1. The Bertz CT molecular complexity index is 563. The van der Waals surface area contributed by atoms with E-state index in [0.717, 1.165) is 38.5 Å². The van der Waals surface area contributed by atoms with Crippen LogP contribution in [0.1, 0.15) is 56.9 Å². The number of benzene rings is 1. The number of rotatable bonds is 5. The van der Waals surface area contributed by atoms with Crippen molar-refractivity contribution in [2.45, 2.75) is 76.2 Å². The molecule has 4 nitrogen and oxygen atoms in total. The Morgan fingerprint density at radius 2 is 1.52 bits per heavy atom. The number of nitrogens with one attached hydrogen (secondary N) is 2. The number of amides is 2. The molecule has 2 aliphatic rings. The number of hydrogen-bond acceptors (Lipinski definition) is 2. The van der Waals surface area contributed by atoms with E-state index in [4.69, 9.17) is 4.74 Å². The Labute approximate surface area is 147 Å². The van der Waals surface area contributed by atoms with Gasteiger partial charge in [-0.15, -0.1) is 0 Å². The molecule has 2 aliphatic carbocycles. The zero-order valence-corrected chi connectivity index (χ0v) is 14.4. The highest BCUT2D eigenvalue weighted by molar-refractivity contribution is 5.74. The second-order valence-corrected chi connectivity index (χ2v) is 7.08. The van der Waals surface area contributed by atoms with Gasteiger partial charge in [-0.2, -0.15) is 0 Å². The van der Waals surface area contributed by atoms with Gasteiger partial charge in [-0.05, 0) is 50.7 Å². The van der Waals surface area contributed by atoms with Gasteiger partial charge in [-0.25, -0.2) is 13.6 Å². The van der Waals surface area contributed by atoms with Crippen LogP contribution < -0.4 is 10.6 Å². The van der Waals surface area contributed by atoms with Crippen molar-refractivity contribution in [3.8, 4) is 0 Å². The molecule has 2 amide bonds. The van der Waals surface area contributed by atoms with Crippen molar-refractivity contribution >= 4 is 6.03 Å². The van der Waals surface area contributed by atoms with Crippen LogP contribution >= 0.6 is 0 Å². The molecule has 0 heterocycles. The molecule has 1 aromatic rings. The molecule has 0 atom stereocenters. The van der Waals surface area contributed by atoms with Crippen LogP contribution in [0.4, 0.5) is 13.6 Å². The van der Waals surface area contributed by atoms with E-state index in [1.807, 2.05) is 0 Å². The lowest BCUT2D eigenvalue weighted by Crippen LogP contribution is -2.47. The van der Waals surface area contributed by atoms with Crippen LogP contribution in [0, 0.1) is 11.6 Å². The van der Waals surface area contributed by atoms with Crippen LogP contribution in [0.2, 0.25) is 0 Å². The second kappa shape index (κ2) is 8.61. The topological polar surface area (TPSA) is 50.4 Å². The van der Waals surface area contributed by atoms with Crippen LogP contribution in [0.15, 0.2) is 18.2 Å². The highest BCUT2D eigenvalue weighted by Crippen LogP contribution is 2.24. The average Bonchev–Trinajstić information content (AvgIpc) is 3.08. The summed E-state index contributed by atoms with van der Waals surface area (Å²) in [5.41, 5.74) is -0.0151. The third-order valence-electron chi connectivity index (χ3n) is 5.22. The van der Waals surface area contributed by atoms with Gasteiger partial charge in [0.05, 0.1) is 12.7 Å². The number of halogens is 2. The first-order valence-corrected chi connectivity index (χ1v) is 9.23. The molecule has 0 bridgehead atoms. The Morgan fingerprint density at radius 3 is 2.12 bits per heavy atom. The van der Waals surface area contributed by atoms with E-state index in [9.17, 15) is 13.6 Å². The van der Waals surface area contributed by atoms with Gasteiger partial charge < -0.3 is 15.4 Å². The van der Waals surface area contributed by atoms with E-state index in [1.165, 1.54) is 31.0 Å². The first kappa shape index (κ1) is 18.1. The van der Waals surface area contributed by atoms with E-state index in [-0.39, 0.29) is 30.3 Å². The summed E-state index contributed by atoms with van der Waals surface area (Å²) in [5, 5.41) is 6.06. The Hall–Kier alpha value is -1.69. The largest absolute Gasteiger partial charge is 0.373 e. The Balaban J connectivity index is 1.37. The van der Waals surface area contributed by atoms with Gasteiger partial charge >= 0.3 is 6.03 Å². The predicted octanol–water partition coefficient (Wildman–Crippen LogP) is 4.03. The van der Waals surface area contributed by atoms with Gasteiger partial charge in [-0.3, -0.25) is 0 Å². The van der Waals surface area contributed by atoms with Crippen LogP contribution in [0.25, 0.3) is 0 Å². The quantitative estimate of drug-likeness (QED) is 0.840. The lowest BCUT2D eigenvalue weighted by molar-refractivity contribution is 0.00950. The monoisotopic (exact) mass is 352 g/mol. The highest BCUT2D eigenvalue weighted by Gasteiger charge is 2.25. The maximum absolute atomic E-state index is 13.6. The van der Waals surface area contributed by atoms with Gasteiger partial charge in [0, 0.05) is 17.6 Å². The van der Waals surface area contributed by atoms with Crippen molar-refractivity contribution in [1.82, 2.24) is 10.6 Å². The van der Waals surface area contributed by atoms with Gasteiger partial charge in [0.25, 0.3) is 0 Å². The second-order valence-electron chi connectivity index (χ2n) is 7.08. The molecule has 2 fully saturated rings. The SMILES string of the molecule is O=C(NC1CCCC1)NC1CCC(OCc2c(F)cccc2F)CC1. The number of carbonyl (C=O) groups is 1.